The van der Waals surface area contributed by atoms with Crippen LogP contribution in [-0.2, 0) is 0 Å². The molecule has 0 saturated carbocycles. The summed E-state index contributed by atoms with van der Waals surface area (Å²) in [6, 6.07) is 16.5. The van der Waals surface area contributed by atoms with E-state index in [0.717, 1.165) is 22.9 Å². The van der Waals surface area contributed by atoms with E-state index in [2.05, 4.69) is 25.0 Å². The number of para-hydroxylation sites is 1. The number of amides is 1. The molecular weight excluding hydrogens is 376 g/mol. The number of benzene rings is 2. The third kappa shape index (κ3) is 3.47. The fourth-order valence-corrected chi connectivity index (χ4v) is 3.20. The molecule has 0 unspecified atom stereocenters. The Morgan fingerprint density at radius 3 is 2.57 bits per heavy atom. The van der Waals surface area contributed by atoms with E-state index in [9.17, 15) is 4.79 Å². The number of ether oxygens (including phenoxy) is 1. The van der Waals surface area contributed by atoms with Crippen molar-refractivity contribution in [3.8, 4) is 23.0 Å². The van der Waals surface area contributed by atoms with Gasteiger partial charge in [-0.25, -0.2) is 4.68 Å². The van der Waals surface area contributed by atoms with Crippen molar-refractivity contribution in [2.24, 2.45) is 0 Å². The third-order valence-electron chi connectivity index (χ3n) is 4.11. The highest BCUT2D eigenvalue weighted by Crippen LogP contribution is 2.24. The van der Waals surface area contributed by atoms with E-state index in [0.29, 0.717) is 28.0 Å². The number of anilines is 1. The van der Waals surface area contributed by atoms with Crippen LogP contribution in [0.15, 0.2) is 54.6 Å². The number of carbonyl (C=O) groups is 1. The van der Waals surface area contributed by atoms with E-state index in [1.54, 1.807) is 36.1 Å². The van der Waals surface area contributed by atoms with Crippen molar-refractivity contribution in [3.63, 3.8) is 0 Å². The van der Waals surface area contributed by atoms with E-state index in [1.165, 1.54) is 0 Å². The van der Waals surface area contributed by atoms with Crippen molar-refractivity contribution in [2.75, 3.05) is 12.4 Å². The highest BCUT2D eigenvalue weighted by molar-refractivity contribution is 7.10. The van der Waals surface area contributed by atoms with Crippen LogP contribution >= 0.6 is 11.5 Å². The molecule has 0 fully saturated rings. The van der Waals surface area contributed by atoms with Crippen LogP contribution in [0.1, 0.15) is 16.1 Å². The summed E-state index contributed by atoms with van der Waals surface area (Å²) in [5, 5.41) is 11.5. The van der Waals surface area contributed by atoms with Gasteiger partial charge in [-0.2, -0.15) is 9.36 Å². The normalized spacial score (nSPS) is 10.6. The molecule has 1 amide bonds. The molecule has 0 aliphatic heterocycles. The van der Waals surface area contributed by atoms with Crippen LogP contribution in [0.5, 0.6) is 5.75 Å². The first-order valence-corrected chi connectivity index (χ1v) is 9.20. The van der Waals surface area contributed by atoms with E-state index >= 15 is 0 Å². The van der Waals surface area contributed by atoms with Gasteiger partial charge in [0.1, 0.15) is 5.75 Å². The number of hydrogen-bond donors (Lipinski definition) is 1. The Bertz CT molecular complexity index is 1110. The molecule has 0 spiro atoms. The number of nitrogens with one attached hydrogen (secondary N) is 1. The Kier molecular flexibility index (Phi) is 4.81. The minimum absolute atomic E-state index is 0.269. The topological polar surface area (TPSA) is 94.8 Å². The monoisotopic (exact) mass is 392 g/mol. The number of nitrogens with zero attached hydrogens (tertiary/aromatic N) is 5. The van der Waals surface area contributed by atoms with Crippen LogP contribution in [0.2, 0.25) is 0 Å². The number of rotatable bonds is 5. The lowest BCUT2D eigenvalue weighted by Crippen LogP contribution is -2.11. The number of carbonyl (C=O) groups excluding carboxylic acids is 1. The zero-order valence-corrected chi connectivity index (χ0v) is 16.0. The first kappa shape index (κ1) is 17.8. The molecule has 0 aliphatic rings. The lowest BCUT2D eigenvalue weighted by molar-refractivity contribution is 0.102. The van der Waals surface area contributed by atoms with Crippen molar-refractivity contribution in [1.82, 2.24) is 24.4 Å². The predicted octanol–water partition coefficient (Wildman–Crippen LogP) is 3.36. The summed E-state index contributed by atoms with van der Waals surface area (Å²) in [4.78, 5) is 16.8. The van der Waals surface area contributed by atoms with Crippen molar-refractivity contribution in [2.45, 2.75) is 6.92 Å². The highest BCUT2D eigenvalue weighted by Gasteiger charge is 2.17. The molecule has 0 bridgehead atoms. The molecule has 0 atom stereocenters. The third-order valence-corrected chi connectivity index (χ3v) is 4.74. The molecule has 1 N–H and O–H groups in total. The maximum absolute atomic E-state index is 12.4. The number of methoxy groups -OCH3 is 1. The quantitative estimate of drug-likeness (QED) is 0.560. The maximum Gasteiger partial charge on any atom is 0.257 e. The first-order chi connectivity index (χ1) is 13.7. The van der Waals surface area contributed by atoms with Gasteiger partial charge in [0, 0.05) is 17.1 Å². The lowest BCUT2D eigenvalue weighted by atomic mass is 10.2. The van der Waals surface area contributed by atoms with Crippen molar-refractivity contribution in [3.05, 3.63) is 65.9 Å². The summed E-state index contributed by atoms with van der Waals surface area (Å²) < 4.78 is 11.1. The van der Waals surface area contributed by atoms with Gasteiger partial charge in [-0.1, -0.05) is 23.4 Å². The lowest BCUT2D eigenvalue weighted by Gasteiger charge is -2.03. The largest absolute Gasteiger partial charge is 0.497 e. The van der Waals surface area contributed by atoms with Crippen LogP contribution in [0, 0.1) is 6.92 Å². The smallest absolute Gasteiger partial charge is 0.257 e. The molecule has 4 rings (SSSR count). The molecule has 0 aliphatic carbocycles. The van der Waals surface area contributed by atoms with Gasteiger partial charge in [0.2, 0.25) is 5.13 Å². The van der Waals surface area contributed by atoms with Gasteiger partial charge >= 0.3 is 0 Å². The molecule has 28 heavy (non-hydrogen) atoms. The number of hydrogen-bond acceptors (Lipinski definition) is 7. The summed E-state index contributed by atoms with van der Waals surface area (Å²) in [6.07, 6.45) is 0. The van der Waals surface area contributed by atoms with Crippen molar-refractivity contribution in [1.29, 1.82) is 0 Å². The Balaban J connectivity index is 1.53. The fourth-order valence-electron chi connectivity index (χ4n) is 2.63. The van der Waals surface area contributed by atoms with E-state index in [4.69, 9.17) is 4.74 Å². The molecule has 0 saturated heterocycles. The summed E-state index contributed by atoms with van der Waals surface area (Å²) in [6.45, 7) is 1.90. The van der Waals surface area contributed by atoms with Crippen LogP contribution in [0.3, 0.4) is 0 Å². The Morgan fingerprint density at radius 2 is 1.86 bits per heavy atom. The Hall–Kier alpha value is -3.59. The van der Waals surface area contributed by atoms with Gasteiger partial charge in [-0.15, -0.1) is 5.10 Å². The second-order valence-electron chi connectivity index (χ2n) is 5.88. The van der Waals surface area contributed by atoms with E-state index in [1.807, 2.05) is 37.3 Å². The predicted molar refractivity (Wildman–Crippen MR) is 106 cm³/mol. The van der Waals surface area contributed by atoms with E-state index < -0.39 is 0 Å². The summed E-state index contributed by atoms with van der Waals surface area (Å²) in [5.41, 5.74) is 2.80. The Morgan fingerprint density at radius 1 is 1.11 bits per heavy atom. The van der Waals surface area contributed by atoms with E-state index in [-0.39, 0.29) is 5.91 Å². The second kappa shape index (κ2) is 7.57. The highest BCUT2D eigenvalue weighted by atomic mass is 32.1. The maximum atomic E-state index is 12.4. The molecule has 2 heterocycles. The first-order valence-electron chi connectivity index (χ1n) is 8.43. The average molecular weight is 392 g/mol. The van der Waals surface area contributed by atoms with Crippen molar-refractivity contribution >= 4 is 22.6 Å². The minimum Gasteiger partial charge on any atom is -0.497 e. The minimum atomic E-state index is -0.269. The summed E-state index contributed by atoms with van der Waals surface area (Å²) in [5.74, 6) is 0.844. The molecule has 9 heteroatoms. The van der Waals surface area contributed by atoms with Crippen LogP contribution < -0.4 is 10.1 Å². The zero-order chi connectivity index (χ0) is 19.5. The molecule has 2 aromatic carbocycles. The summed E-state index contributed by atoms with van der Waals surface area (Å²) in [7, 11) is 1.58. The van der Waals surface area contributed by atoms with Crippen molar-refractivity contribution < 1.29 is 9.53 Å². The van der Waals surface area contributed by atoms with Gasteiger partial charge < -0.3 is 4.74 Å². The number of aromatic nitrogens is 5. The molecule has 2 aromatic heterocycles. The van der Waals surface area contributed by atoms with Crippen LogP contribution in [0.25, 0.3) is 17.2 Å². The molecule has 4 aromatic rings. The van der Waals surface area contributed by atoms with Gasteiger partial charge in [-0.05, 0) is 43.3 Å². The van der Waals surface area contributed by atoms with Gasteiger partial charge in [0.15, 0.2) is 11.5 Å². The van der Waals surface area contributed by atoms with Gasteiger partial charge in [0.05, 0.1) is 18.5 Å². The second-order valence-corrected chi connectivity index (χ2v) is 6.63. The molecular formula is C19H16N6O2S. The zero-order valence-electron chi connectivity index (χ0n) is 15.2. The molecule has 140 valence electrons. The fraction of sp³-hybridized carbons (Fsp3) is 0.105. The average Bonchev–Trinajstić information content (AvgIpc) is 3.35. The standard InChI is InChI=1S/C19H16N6O2S/c1-12-16(22-24-25(12)14-6-4-3-5-7-14)17-20-19(28-23-17)21-18(26)13-8-10-15(27-2)11-9-13/h3-11H,1-2H3,(H,20,21,23,26). The van der Waals surface area contributed by atoms with Crippen LogP contribution in [0.4, 0.5) is 5.13 Å². The summed E-state index contributed by atoms with van der Waals surface area (Å²) >= 11 is 1.09. The molecule has 0 radical (unpaired) electrons. The van der Waals surface area contributed by atoms with Crippen LogP contribution in [-0.4, -0.2) is 37.4 Å². The Labute approximate surface area is 165 Å². The van der Waals surface area contributed by atoms with Gasteiger partial charge in [0.25, 0.3) is 5.91 Å². The molecule has 8 nitrogen and oxygen atoms in total. The van der Waals surface area contributed by atoms with Gasteiger partial charge in [-0.3, -0.25) is 10.1 Å². The SMILES string of the molecule is COc1ccc(C(=O)Nc2nc(-c3nnn(-c4ccccc4)c3C)ns2)cc1.